The maximum Gasteiger partial charge on any atom is 0.257 e. The average Bonchev–Trinajstić information content (AvgIpc) is 2.39. The molecule has 4 heteroatoms. The monoisotopic (exact) mass is 245 g/mol. The summed E-state index contributed by atoms with van der Waals surface area (Å²) in [6.45, 7) is 1.89. The molecule has 18 heavy (non-hydrogen) atoms. The summed E-state index contributed by atoms with van der Waals surface area (Å²) in [5.74, 6) is 0.870. The van der Waals surface area contributed by atoms with Crippen LogP contribution in [0.25, 0.3) is 10.8 Å². The number of hydrogen-bond donors (Lipinski definition) is 2. The van der Waals surface area contributed by atoms with Gasteiger partial charge in [-0.2, -0.15) is 0 Å². The smallest absolute Gasteiger partial charge is 0.257 e. The standard InChI is InChI=1S/C14H19N3O/c1-15-8-5-9-17(2)13-10-11-6-3-4-7-12(11)14(18)16-13/h3-4,6-7,10,15H,5,8-9H2,1-2H3,(H,16,18). The van der Waals surface area contributed by atoms with Crippen molar-refractivity contribution in [3.63, 3.8) is 0 Å². The van der Waals surface area contributed by atoms with Gasteiger partial charge in [0.05, 0.1) is 0 Å². The van der Waals surface area contributed by atoms with Crippen LogP contribution in [0.4, 0.5) is 5.82 Å². The van der Waals surface area contributed by atoms with Gasteiger partial charge >= 0.3 is 0 Å². The summed E-state index contributed by atoms with van der Waals surface area (Å²) in [6.07, 6.45) is 1.04. The summed E-state index contributed by atoms with van der Waals surface area (Å²) in [6, 6.07) is 9.67. The highest BCUT2D eigenvalue weighted by Crippen LogP contribution is 2.15. The van der Waals surface area contributed by atoms with Gasteiger partial charge < -0.3 is 15.2 Å². The lowest BCUT2D eigenvalue weighted by Gasteiger charge is -2.19. The molecule has 2 rings (SSSR count). The van der Waals surface area contributed by atoms with Gasteiger partial charge in [0.15, 0.2) is 0 Å². The molecule has 0 aliphatic carbocycles. The molecule has 0 saturated carbocycles. The van der Waals surface area contributed by atoms with E-state index >= 15 is 0 Å². The van der Waals surface area contributed by atoms with Crippen LogP contribution in [-0.4, -0.2) is 32.2 Å². The normalized spacial score (nSPS) is 10.8. The summed E-state index contributed by atoms with van der Waals surface area (Å²) in [5, 5.41) is 4.84. The van der Waals surface area contributed by atoms with E-state index in [4.69, 9.17) is 0 Å². The van der Waals surface area contributed by atoms with Gasteiger partial charge in [-0.3, -0.25) is 4.79 Å². The van der Waals surface area contributed by atoms with Gasteiger partial charge in [0.2, 0.25) is 0 Å². The van der Waals surface area contributed by atoms with Crippen LogP contribution in [0.2, 0.25) is 0 Å². The Kier molecular flexibility index (Phi) is 3.99. The first-order valence-corrected chi connectivity index (χ1v) is 6.20. The lowest BCUT2D eigenvalue weighted by atomic mass is 10.2. The minimum atomic E-state index is -0.0245. The molecule has 1 aromatic heterocycles. The Morgan fingerprint density at radius 1 is 1.33 bits per heavy atom. The molecule has 0 aliphatic heterocycles. The predicted molar refractivity (Wildman–Crippen MR) is 76.4 cm³/mol. The first-order chi connectivity index (χ1) is 8.72. The van der Waals surface area contributed by atoms with Crippen LogP contribution in [-0.2, 0) is 0 Å². The Hall–Kier alpha value is -1.81. The van der Waals surface area contributed by atoms with Crippen molar-refractivity contribution in [1.29, 1.82) is 0 Å². The minimum Gasteiger partial charge on any atom is -0.361 e. The number of nitrogens with one attached hydrogen (secondary N) is 2. The second-order valence-electron chi connectivity index (χ2n) is 4.45. The molecule has 1 heterocycles. The lowest BCUT2D eigenvalue weighted by molar-refractivity contribution is 0.709. The second-order valence-corrected chi connectivity index (χ2v) is 4.45. The fourth-order valence-corrected chi connectivity index (χ4v) is 2.02. The first-order valence-electron chi connectivity index (χ1n) is 6.20. The fourth-order valence-electron chi connectivity index (χ4n) is 2.02. The molecule has 0 atom stereocenters. The highest BCUT2D eigenvalue weighted by Gasteiger charge is 2.05. The molecule has 0 saturated heterocycles. The van der Waals surface area contributed by atoms with Crippen LogP contribution < -0.4 is 15.8 Å². The molecule has 0 spiro atoms. The van der Waals surface area contributed by atoms with Gasteiger partial charge in [-0.15, -0.1) is 0 Å². The number of benzene rings is 1. The Morgan fingerprint density at radius 2 is 2.11 bits per heavy atom. The third kappa shape index (κ3) is 2.71. The van der Waals surface area contributed by atoms with Gasteiger partial charge in [-0.1, -0.05) is 18.2 Å². The molecule has 1 aromatic carbocycles. The van der Waals surface area contributed by atoms with Gasteiger partial charge in [0, 0.05) is 19.0 Å². The maximum absolute atomic E-state index is 11.9. The molecule has 96 valence electrons. The van der Waals surface area contributed by atoms with E-state index < -0.39 is 0 Å². The number of pyridine rings is 1. The number of aromatic nitrogens is 1. The Bertz CT molecular complexity index is 577. The quantitative estimate of drug-likeness (QED) is 0.786. The number of rotatable bonds is 5. The van der Waals surface area contributed by atoms with Crippen molar-refractivity contribution < 1.29 is 0 Å². The number of fused-ring (bicyclic) bond motifs is 1. The third-order valence-electron chi connectivity index (χ3n) is 3.07. The highest BCUT2D eigenvalue weighted by atomic mass is 16.1. The van der Waals surface area contributed by atoms with Gasteiger partial charge in [0.25, 0.3) is 5.56 Å². The Balaban J connectivity index is 2.26. The van der Waals surface area contributed by atoms with E-state index in [1.165, 1.54) is 0 Å². The second kappa shape index (κ2) is 5.69. The summed E-state index contributed by atoms with van der Waals surface area (Å²) in [5.41, 5.74) is -0.0245. The van der Waals surface area contributed by atoms with Crippen molar-refractivity contribution in [2.24, 2.45) is 0 Å². The summed E-state index contributed by atoms with van der Waals surface area (Å²) < 4.78 is 0. The molecule has 4 nitrogen and oxygen atoms in total. The SMILES string of the molecule is CNCCCN(C)c1cc2ccccc2c(=O)[nH]1. The molecule has 0 aliphatic rings. The van der Waals surface area contributed by atoms with Gasteiger partial charge in [-0.05, 0) is 37.5 Å². The molecular weight excluding hydrogens is 226 g/mol. The van der Waals surface area contributed by atoms with E-state index in [1.807, 2.05) is 44.4 Å². The van der Waals surface area contributed by atoms with Crippen LogP contribution in [0.5, 0.6) is 0 Å². The van der Waals surface area contributed by atoms with Crippen molar-refractivity contribution in [2.75, 3.05) is 32.1 Å². The molecule has 2 N–H and O–H groups in total. The van der Waals surface area contributed by atoms with Crippen LogP contribution in [0, 0.1) is 0 Å². The zero-order valence-corrected chi connectivity index (χ0v) is 10.9. The summed E-state index contributed by atoms with van der Waals surface area (Å²) in [4.78, 5) is 16.9. The number of nitrogens with zero attached hydrogens (tertiary/aromatic N) is 1. The summed E-state index contributed by atoms with van der Waals surface area (Å²) >= 11 is 0. The lowest BCUT2D eigenvalue weighted by Crippen LogP contribution is -2.25. The van der Waals surface area contributed by atoms with Crippen LogP contribution in [0.15, 0.2) is 35.1 Å². The molecule has 0 amide bonds. The largest absolute Gasteiger partial charge is 0.361 e. The Labute approximate surface area is 107 Å². The number of H-pyrrole nitrogens is 1. The van der Waals surface area contributed by atoms with Gasteiger partial charge in [0.1, 0.15) is 5.82 Å². The Morgan fingerprint density at radius 3 is 2.89 bits per heavy atom. The number of aromatic amines is 1. The molecule has 2 aromatic rings. The topological polar surface area (TPSA) is 48.1 Å². The van der Waals surface area contributed by atoms with Crippen molar-refractivity contribution in [3.8, 4) is 0 Å². The van der Waals surface area contributed by atoms with E-state index in [0.29, 0.717) is 0 Å². The third-order valence-corrected chi connectivity index (χ3v) is 3.07. The molecule has 0 radical (unpaired) electrons. The minimum absolute atomic E-state index is 0.0245. The van der Waals surface area contributed by atoms with Crippen LogP contribution in [0.3, 0.4) is 0 Å². The van der Waals surface area contributed by atoms with Crippen LogP contribution in [0.1, 0.15) is 6.42 Å². The maximum atomic E-state index is 11.9. The fraction of sp³-hybridized carbons (Fsp3) is 0.357. The van der Waals surface area contributed by atoms with Crippen molar-refractivity contribution >= 4 is 16.6 Å². The average molecular weight is 245 g/mol. The van der Waals surface area contributed by atoms with E-state index in [2.05, 4.69) is 15.2 Å². The van der Waals surface area contributed by atoms with Crippen molar-refractivity contribution in [1.82, 2.24) is 10.3 Å². The van der Waals surface area contributed by atoms with E-state index in [1.54, 1.807) is 0 Å². The number of hydrogen-bond acceptors (Lipinski definition) is 3. The van der Waals surface area contributed by atoms with Crippen molar-refractivity contribution in [2.45, 2.75) is 6.42 Å². The predicted octanol–water partition coefficient (Wildman–Crippen LogP) is 1.57. The van der Waals surface area contributed by atoms with Gasteiger partial charge in [-0.25, -0.2) is 0 Å². The molecule has 0 unspecified atom stereocenters. The highest BCUT2D eigenvalue weighted by molar-refractivity contribution is 5.83. The zero-order chi connectivity index (χ0) is 13.0. The van der Waals surface area contributed by atoms with Crippen LogP contribution >= 0.6 is 0 Å². The number of anilines is 1. The first kappa shape index (κ1) is 12.6. The summed E-state index contributed by atoms with van der Waals surface area (Å²) in [7, 11) is 3.94. The van der Waals surface area contributed by atoms with E-state index in [0.717, 1.165) is 36.1 Å². The zero-order valence-electron chi connectivity index (χ0n) is 10.9. The molecule has 0 fully saturated rings. The van der Waals surface area contributed by atoms with E-state index in [9.17, 15) is 4.79 Å². The van der Waals surface area contributed by atoms with Crippen molar-refractivity contribution in [3.05, 3.63) is 40.7 Å². The van der Waals surface area contributed by atoms with E-state index in [-0.39, 0.29) is 5.56 Å². The molecule has 0 bridgehead atoms. The molecular formula is C14H19N3O.